The Labute approximate surface area is 213 Å². The summed E-state index contributed by atoms with van der Waals surface area (Å²) >= 11 is 0. The van der Waals surface area contributed by atoms with Crippen molar-refractivity contribution < 1.29 is 55.8 Å². The number of aryl methyl sites for hydroxylation is 2. The third kappa shape index (κ3) is 8.07. The number of benzene rings is 3. The minimum Gasteiger partial charge on any atom is -1.00 e. The molecule has 154 valence electrons. The minimum absolute atomic E-state index is 0. The molecule has 2 radical (unpaired) electrons. The third-order valence-corrected chi connectivity index (χ3v) is 4.23. The van der Waals surface area contributed by atoms with Crippen LogP contribution in [0.15, 0.2) is 72.8 Å². The van der Waals surface area contributed by atoms with Crippen LogP contribution >= 0.6 is 0 Å². The molecule has 4 rings (SSSR count). The van der Waals surface area contributed by atoms with Gasteiger partial charge in [0, 0.05) is 15.1 Å². The van der Waals surface area contributed by atoms with E-state index in [0.717, 1.165) is 20.6 Å². The van der Waals surface area contributed by atoms with Crippen molar-refractivity contribution in [1.29, 1.82) is 0 Å². The average molecular weight is 534 g/mol. The van der Waals surface area contributed by atoms with Gasteiger partial charge in [0.1, 0.15) is 0 Å². The van der Waals surface area contributed by atoms with Crippen molar-refractivity contribution in [3.63, 3.8) is 0 Å². The van der Waals surface area contributed by atoms with Crippen LogP contribution in [0.25, 0.3) is 27.3 Å². The summed E-state index contributed by atoms with van der Waals surface area (Å²) in [7, 11) is 1.08. The van der Waals surface area contributed by atoms with E-state index in [1.807, 2.05) is 32.0 Å². The number of carbonyl (C=O) groups is 1. The van der Waals surface area contributed by atoms with E-state index in [-0.39, 0.29) is 51.0 Å². The quantitative estimate of drug-likeness (QED) is 0.266. The van der Waals surface area contributed by atoms with E-state index in [2.05, 4.69) is 67.7 Å². The Bertz CT molecular complexity index is 979. The fraction of sp³-hybridized carbons (Fsp3) is 0.167. The zero-order chi connectivity index (χ0) is 19.8. The molecule has 6 heteroatoms. The Balaban J connectivity index is 0. The van der Waals surface area contributed by atoms with E-state index in [1.54, 1.807) is 0 Å². The zero-order valence-electron chi connectivity index (χ0n) is 17.6. The van der Waals surface area contributed by atoms with Gasteiger partial charge >= 0.3 is 26.2 Å². The molecule has 0 aliphatic carbocycles. The van der Waals surface area contributed by atoms with Crippen molar-refractivity contribution >= 4 is 37.0 Å². The van der Waals surface area contributed by atoms with Gasteiger partial charge in [-0.1, -0.05) is 67.7 Å². The van der Waals surface area contributed by atoms with Crippen LogP contribution in [0.2, 0.25) is 13.1 Å². The Morgan fingerprint density at radius 1 is 0.767 bits per heavy atom. The first-order valence-corrected chi connectivity index (χ1v) is 10.9. The first-order chi connectivity index (χ1) is 13.0. The van der Waals surface area contributed by atoms with Crippen molar-refractivity contribution in [3.8, 4) is 0 Å². The number of nitrogens with one attached hydrogen (secondary N) is 1. The Morgan fingerprint density at radius 2 is 1.13 bits per heavy atom. The SMILES string of the molecule is C[Si]C.Cc1cccc(C)c1C([NH-])=O.[Cl-].[Cl-].[Zr+4].c1ccc2c(c1)[cH-]c1ccccc12. The number of hydrogen-bond acceptors (Lipinski definition) is 1. The van der Waals surface area contributed by atoms with E-state index in [0.29, 0.717) is 5.56 Å². The molecule has 1 N–H and O–H groups in total. The summed E-state index contributed by atoms with van der Waals surface area (Å²) in [6.07, 6.45) is 0. The van der Waals surface area contributed by atoms with Gasteiger partial charge in [0.2, 0.25) is 0 Å². The van der Waals surface area contributed by atoms with Crippen LogP contribution in [0.4, 0.5) is 0 Å². The molecule has 0 aromatic heterocycles. The summed E-state index contributed by atoms with van der Waals surface area (Å²) in [5, 5.41) is 5.39. The number of carbonyl (C=O) groups excluding carboxylic acids is 1. The maximum absolute atomic E-state index is 10.8. The molecule has 0 aliphatic rings. The van der Waals surface area contributed by atoms with E-state index < -0.39 is 5.91 Å². The van der Waals surface area contributed by atoms with Crippen LogP contribution in [0.3, 0.4) is 0 Å². The number of rotatable bonds is 1. The van der Waals surface area contributed by atoms with E-state index >= 15 is 0 Å². The maximum Gasteiger partial charge on any atom is 4.00 e. The summed E-state index contributed by atoms with van der Waals surface area (Å²) in [4.78, 5) is 10.8. The molecule has 0 heterocycles. The zero-order valence-corrected chi connectivity index (χ0v) is 22.6. The van der Waals surface area contributed by atoms with Crippen LogP contribution < -0.4 is 24.8 Å². The first-order valence-electron chi connectivity index (χ1n) is 8.93. The van der Waals surface area contributed by atoms with Crippen molar-refractivity contribution in [3.05, 3.63) is 95.2 Å². The van der Waals surface area contributed by atoms with Gasteiger partial charge in [0.05, 0.1) is 5.91 Å². The van der Waals surface area contributed by atoms with Crippen LogP contribution in [0, 0.1) is 13.8 Å². The van der Waals surface area contributed by atoms with Crippen molar-refractivity contribution in [2.45, 2.75) is 26.9 Å². The molecular weight excluding hydrogens is 508 g/mol. The first kappa shape index (κ1) is 30.9. The molecule has 0 bridgehead atoms. The molecule has 4 aromatic carbocycles. The van der Waals surface area contributed by atoms with E-state index in [9.17, 15) is 4.79 Å². The molecule has 4 aromatic rings. The molecule has 0 fully saturated rings. The Hall–Kier alpha value is -1.32. The van der Waals surface area contributed by atoms with Gasteiger partial charge in [-0.3, -0.25) is 0 Å². The van der Waals surface area contributed by atoms with Gasteiger partial charge < -0.3 is 35.3 Å². The second kappa shape index (κ2) is 15.5. The predicted molar refractivity (Wildman–Crippen MR) is 119 cm³/mol. The molecule has 0 aliphatic heterocycles. The normalized spacial score (nSPS) is 8.93. The van der Waals surface area contributed by atoms with Gasteiger partial charge in [0.25, 0.3) is 0 Å². The molecule has 0 saturated heterocycles. The van der Waals surface area contributed by atoms with Crippen molar-refractivity contribution in [2.75, 3.05) is 0 Å². The maximum atomic E-state index is 10.8. The van der Waals surface area contributed by atoms with E-state index in [4.69, 9.17) is 5.73 Å². The molecule has 0 atom stereocenters. The summed E-state index contributed by atoms with van der Waals surface area (Å²) in [6, 6.07) is 24.8. The molecule has 0 unspecified atom stereocenters. The van der Waals surface area contributed by atoms with Gasteiger partial charge in [-0.15, -0.1) is 39.7 Å². The van der Waals surface area contributed by atoms with Crippen molar-refractivity contribution in [1.82, 2.24) is 0 Å². The Morgan fingerprint density at radius 3 is 1.47 bits per heavy atom. The average Bonchev–Trinajstić information content (AvgIpc) is 3.01. The fourth-order valence-electron chi connectivity index (χ4n) is 3.08. The van der Waals surface area contributed by atoms with Crippen LogP contribution in [0.1, 0.15) is 21.5 Å². The monoisotopic (exact) mass is 531 g/mol. The second-order valence-corrected chi connectivity index (χ2v) is 7.41. The summed E-state index contributed by atoms with van der Waals surface area (Å²) in [5.41, 5.74) is 9.26. The summed E-state index contributed by atoms with van der Waals surface area (Å²) in [5.74, 6) is -0.597. The van der Waals surface area contributed by atoms with Gasteiger partial charge in [0.15, 0.2) is 0 Å². The predicted octanol–water partition coefficient (Wildman–Crippen LogP) is 1.00. The largest absolute Gasteiger partial charge is 4.00 e. The molecule has 1 amide bonds. The van der Waals surface area contributed by atoms with Gasteiger partial charge in [-0.05, 0) is 25.0 Å². The van der Waals surface area contributed by atoms with Crippen LogP contribution in [-0.4, -0.2) is 15.4 Å². The molecule has 30 heavy (non-hydrogen) atoms. The number of amides is 1. The van der Waals surface area contributed by atoms with Gasteiger partial charge in [-0.25, -0.2) is 0 Å². The molecule has 0 saturated carbocycles. The Kier molecular flexibility index (Phi) is 15.9. The molecular formula is C24H25Cl2NOSiZr. The summed E-state index contributed by atoms with van der Waals surface area (Å²) < 4.78 is 0. The van der Waals surface area contributed by atoms with Crippen LogP contribution in [0.5, 0.6) is 0 Å². The summed E-state index contributed by atoms with van der Waals surface area (Å²) in [6.45, 7) is 7.99. The number of fused-ring (bicyclic) bond motifs is 3. The smallest absolute Gasteiger partial charge is 1.00 e. The standard InChI is InChI=1S/C13H9.C9H11NO.C2H6Si.2ClH.Zr/c1-3-7-12-10(5-1)9-11-6-2-4-8-13(11)12;1-6-4-3-5-7(2)8(6)9(10)11;1-3-2;;;/h1-9H;3-5H,1-2H3,(H2,10,11);1-2H3;2*1H;/q-1;;;;;+4/p-3. The third-order valence-electron chi connectivity index (χ3n) is 4.23. The molecule has 2 nitrogen and oxygen atoms in total. The van der Waals surface area contributed by atoms with Crippen molar-refractivity contribution in [2.24, 2.45) is 0 Å². The molecule has 0 spiro atoms. The minimum atomic E-state index is -0.597. The van der Waals surface area contributed by atoms with Gasteiger partial charge in [-0.2, -0.15) is 0 Å². The fourth-order valence-corrected chi connectivity index (χ4v) is 3.08. The topological polar surface area (TPSA) is 40.9 Å². The van der Waals surface area contributed by atoms with Crippen LogP contribution in [-0.2, 0) is 26.2 Å². The second-order valence-electron chi connectivity index (χ2n) is 6.41. The number of hydrogen-bond donors (Lipinski definition) is 0. The van der Waals surface area contributed by atoms with E-state index in [1.165, 1.54) is 21.5 Å². The number of halogens is 2.